The van der Waals surface area contributed by atoms with Crippen molar-refractivity contribution in [2.24, 2.45) is 0 Å². The summed E-state index contributed by atoms with van der Waals surface area (Å²) in [5.41, 5.74) is 0. The molecule has 0 amide bonds. The van der Waals surface area contributed by atoms with Crippen LogP contribution in [0.5, 0.6) is 0 Å². The summed E-state index contributed by atoms with van der Waals surface area (Å²) in [5, 5.41) is 9.99. The van der Waals surface area contributed by atoms with E-state index in [1.807, 2.05) is 0 Å². The van der Waals surface area contributed by atoms with Crippen molar-refractivity contribution in [3.63, 3.8) is 0 Å². The van der Waals surface area contributed by atoms with Gasteiger partial charge in [-0.05, 0) is 96.3 Å². The van der Waals surface area contributed by atoms with Gasteiger partial charge in [0, 0.05) is 12.8 Å². The van der Waals surface area contributed by atoms with E-state index in [-0.39, 0.29) is 25.2 Å². The largest absolute Gasteiger partial charge is 0.463 e. The minimum Gasteiger partial charge on any atom is -0.463 e. The van der Waals surface area contributed by atoms with Gasteiger partial charge in [-0.1, -0.05) is 130 Å². The molecule has 48 heavy (non-hydrogen) atoms. The zero-order valence-corrected chi connectivity index (χ0v) is 30.5. The zero-order valence-electron chi connectivity index (χ0n) is 30.5. The summed E-state index contributed by atoms with van der Waals surface area (Å²) in [6.45, 7) is 4.07. The summed E-state index contributed by atoms with van der Waals surface area (Å²) in [5.74, 6) is -0.656. The number of esters is 2. The molecule has 0 spiro atoms. The summed E-state index contributed by atoms with van der Waals surface area (Å²) in [6.07, 6.45) is 53.1. The van der Waals surface area contributed by atoms with Crippen LogP contribution in [0.25, 0.3) is 0 Å². The molecule has 5 heteroatoms. The molecular weight excluding hydrogens is 596 g/mol. The Bertz CT molecular complexity index is 979. The molecule has 0 aromatic heterocycles. The van der Waals surface area contributed by atoms with Crippen molar-refractivity contribution >= 4 is 11.9 Å². The minimum absolute atomic E-state index is 0.152. The van der Waals surface area contributed by atoms with E-state index in [0.29, 0.717) is 12.8 Å². The molecule has 0 rings (SSSR count). The van der Waals surface area contributed by atoms with Crippen molar-refractivity contribution in [3.8, 4) is 0 Å². The number of hydrogen-bond donors (Lipinski definition) is 1. The summed E-state index contributed by atoms with van der Waals surface area (Å²) in [6, 6.07) is 0. The number of hydrogen-bond acceptors (Lipinski definition) is 5. The van der Waals surface area contributed by atoms with Crippen molar-refractivity contribution in [2.45, 2.75) is 148 Å². The van der Waals surface area contributed by atoms with Crippen LogP contribution in [0.4, 0.5) is 0 Å². The van der Waals surface area contributed by atoms with E-state index in [9.17, 15) is 14.7 Å². The highest BCUT2D eigenvalue weighted by Gasteiger charge is 2.11. The molecule has 0 aromatic carbocycles. The van der Waals surface area contributed by atoms with E-state index in [4.69, 9.17) is 9.47 Å². The molecule has 0 saturated carbocycles. The molecule has 0 saturated heterocycles. The molecule has 0 aromatic rings. The fraction of sp³-hybridized carbons (Fsp3) is 0.581. The van der Waals surface area contributed by atoms with Gasteiger partial charge in [-0.2, -0.15) is 0 Å². The van der Waals surface area contributed by atoms with Crippen molar-refractivity contribution in [3.05, 3.63) is 97.2 Å². The number of unbranched alkanes of at least 4 members (excludes halogenated alkanes) is 8. The third kappa shape index (κ3) is 37.3. The van der Waals surface area contributed by atoms with Crippen molar-refractivity contribution < 1.29 is 24.2 Å². The van der Waals surface area contributed by atoms with Gasteiger partial charge in [0.15, 0.2) is 0 Å². The van der Waals surface area contributed by atoms with Crippen LogP contribution in [0.15, 0.2) is 97.2 Å². The number of aliphatic hydroxyl groups excluding tert-OH is 1. The molecule has 0 fully saturated rings. The van der Waals surface area contributed by atoms with Crippen LogP contribution in [0.1, 0.15) is 142 Å². The Morgan fingerprint density at radius 1 is 0.458 bits per heavy atom. The standard InChI is InChI=1S/C43H68O5/c1-3-5-7-9-11-13-15-17-19-20-21-22-24-26-28-30-32-34-36-38-43(46)48-40-41(44)39-47-42(45)37-35-33-31-29-27-25-23-18-16-14-12-10-8-6-4-2/h5,7,11-14,17-19,21-23,26-29,41,44H,3-4,6,8-10,15-16,20,24-25,30-40H2,1-2H3/b7-5-,13-11-,14-12-,19-17-,22-21-,23-18-,28-26-,29-27-/t41-/m1/s1. The summed E-state index contributed by atoms with van der Waals surface area (Å²) in [4.78, 5) is 23.9. The molecule has 1 atom stereocenters. The van der Waals surface area contributed by atoms with E-state index in [1.54, 1.807) is 0 Å². The molecule has 270 valence electrons. The van der Waals surface area contributed by atoms with Crippen LogP contribution >= 0.6 is 0 Å². The zero-order chi connectivity index (χ0) is 35.0. The van der Waals surface area contributed by atoms with Crippen LogP contribution in [-0.2, 0) is 19.1 Å². The maximum absolute atomic E-state index is 12.0. The third-order valence-corrected chi connectivity index (χ3v) is 7.30. The SMILES string of the molecule is CC/C=C\C/C=C\C/C=C\C/C=C\C/C=C\CCCCCC(=O)OC[C@H](O)COC(=O)CCCC/C=C\C/C=C\C/C=C\CCCCC. The molecule has 5 nitrogen and oxygen atoms in total. The average molecular weight is 665 g/mol. The smallest absolute Gasteiger partial charge is 0.305 e. The second kappa shape index (κ2) is 38.3. The van der Waals surface area contributed by atoms with E-state index in [2.05, 4.69) is 111 Å². The molecule has 0 heterocycles. The first-order valence-corrected chi connectivity index (χ1v) is 18.8. The third-order valence-electron chi connectivity index (χ3n) is 7.30. The molecular formula is C43H68O5. The van der Waals surface area contributed by atoms with Crippen molar-refractivity contribution in [2.75, 3.05) is 13.2 Å². The number of aliphatic hydroxyl groups is 1. The second-order valence-corrected chi connectivity index (χ2v) is 12.0. The summed E-state index contributed by atoms with van der Waals surface area (Å²) < 4.78 is 10.3. The highest BCUT2D eigenvalue weighted by atomic mass is 16.6. The predicted molar refractivity (Wildman–Crippen MR) is 205 cm³/mol. The molecule has 0 radical (unpaired) electrons. The Labute approximate surface area is 294 Å². The molecule has 0 bridgehead atoms. The molecule has 0 aliphatic carbocycles. The first kappa shape index (κ1) is 44.8. The van der Waals surface area contributed by atoms with E-state index in [1.165, 1.54) is 25.7 Å². The van der Waals surface area contributed by atoms with Crippen LogP contribution in [0, 0.1) is 0 Å². The van der Waals surface area contributed by atoms with Gasteiger partial charge in [0.1, 0.15) is 19.3 Å². The van der Waals surface area contributed by atoms with Gasteiger partial charge < -0.3 is 14.6 Å². The van der Waals surface area contributed by atoms with Gasteiger partial charge >= 0.3 is 11.9 Å². The maximum Gasteiger partial charge on any atom is 0.305 e. The van der Waals surface area contributed by atoms with Crippen LogP contribution < -0.4 is 0 Å². The van der Waals surface area contributed by atoms with Gasteiger partial charge in [-0.3, -0.25) is 9.59 Å². The maximum atomic E-state index is 12.0. The van der Waals surface area contributed by atoms with Crippen LogP contribution in [0.3, 0.4) is 0 Å². The lowest BCUT2D eigenvalue weighted by Crippen LogP contribution is -2.25. The second-order valence-electron chi connectivity index (χ2n) is 12.0. The summed E-state index contributed by atoms with van der Waals surface area (Å²) in [7, 11) is 0. The Morgan fingerprint density at radius 3 is 1.19 bits per heavy atom. The first-order valence-electron chi connectivity index (χ1n) is 18.8. The first-order chi connectivity index (χ1) is 23.6. The van der Waals surface area contributed by atoms with Crippen LogP contribution in [-0.4, -0.2) is 36.4 Å². The van der Waals surface area contributed by atoms with Crippen LogP contribution in [0.2, 0.25) is 0 Å². The van der Waals surface area contributed by atoms with Gasteiger partial charge in [0.25, 0.3) is 0 Å². The average Bonchev–Trinajstić information content (AvgIpc) is 3.09. The Hall–Kier alpha value is -3.18. The van der Waals surface area contributed by atoms with Crippen molar-refractivity contribution in [1.29, 1.82) is 0 Å². The van der Waals surface area contributed by atoms with Gasteiger partial charge in [0.05, 0.1) is 0 Å². The van der Waals surface area contributed by atoms with Gasteiger partial charge in [-0.15, -0.1) is 0 Å². The lowest BCUT2D eigenvalue weighted by Gasteiger charge is -2.12. The minimum atomic E-state index is -0.999. The lowest BCUT2D eigenvalue weighted by atomic mass is 10.1. The lowest BCUT2D eigenvalue weighted by molar-refractivity contribution is -0.152. The highest BCUT2D eigenvalue weighted by molar-refractivity contribution is 5.69. The highest BCUT2D eigenvalue weighted by Crippen LogP contribution is 2.07. The Balaban J connectivity index is 3.62. The van der Waals surface area contributed by atoms with E-state index in [0.717, 1.165) is 89.9 Å². The topological polar surface area (TPSA) is 72.8 Å². The normalized spacial score (nSPS) is 13.3. The quantitative estimate of drug-likeness (QED) is 0.0440. The number of carbonyl (C=O) groups excluding carboxylic acids is 2. The number of ether oxygens (including phenoxy) is 2. The number of rotatable bonds is 32. The van der Waals surface area contributed by atoms with Gasteiger partial charge in [-0.25, -0.2) is 0 Å². The fourth-order valence-electron chi connectivity index (χ4n) is 4.47. The summed E-state index contributed by atoms with van der Waals surface area (Å²) >= 11 is 0. The monoisotopic (exact) mass is 665 g/mol. The van der Waals surface area contributed by atoms with Crippen molar-refractivity contribution in [1.82, 2.24) is 0 Å². The number of allylic oxidation sites excluding steroid dienone is 16. The molecule has 1 N–H and O–H groups in total. The fourth-order valence-corrected chi connectivity index (χ4v) is 4.47. The van der Waals surface area contributed by atoms with Gasteiger partial charge in [0.2, 0.25) is 0 Å². The molecule has 0 aliphatic heterocycles. The van der Waals surface area contributed by atoms with E-state index < -0.39 is 6.10 Å². The number of carbonyl (C=O) groups is 2. The Morgan fingerprint density at radius 2 is 0.792 bits per heavy atom. The van der Waals surface area contributed by atoms with E-state index >= 15 is 0 Å². The Kier molecular flexibility index (Phi) is 35.7. The molecule has 0 aliphatic rings. The molecule has 0 unspecified atom stereocenters. The predicted octanol–water partition coefficient (Wildman–Crippen LogP) is 11.7.